The van der Waals surface area contributed by atoms with Crippen molar-refractivity contribution in [3.63, 3.8) is 0 Å². The van der Waals surface area contributed by atoms with E-state index in [0.29, 0.717) is 0 Å². The summed E-state index contributed by atoms with van der Waals surface area (Å²) in [5.41, 5.74) is 16.2. The molecule has 2 nitrogen and oxygen atoms in total. The summed E-state index contributed by atoms with van der Waals surface area (Å²) in [4.78, 5) is 4.98. The van der Waals surface area contributed by atoms with Crippen molar-refractivity contribution < 1.29 is 0 Å². The van der Waals surface area contributed by atoms with Gasteiger partial charge in [0.1, 0.15) is 0 Å². The summed E-state index contributed by atoms with van der Waals surface area (Å²) in [5, 5.41) is 14.3. The Labute approximate surface area is 455 Å². The van der Waals surface area contributed by atoms with Crippen LogP contribution in [0.15, 0.2) is 279 Å². The lowest BCUT2D eigenvalue weighted by Crippen LogP contribution is -2.14. The van der Waals surface area contributed by atoms with E-state index in [1.807, 2.05) is 0 Å². The van der Waals surface area contributed by atoms with Gasteiger partial charge in [0.25, 0.3) is 0 Å². The molecule has 0 N–H and O–H groups in total. The summed E-state index contributed by atoms with van der Waals surface area (Å²) in [6.45, 7) is 4.31. The van der Waals surface area contributed by atoms with E-state index >= 15 is 0 Å². The van der Waals surface area contributed by atoms with Gasteiger partial charge in [0.2, 0.25) is 0 Å². The molecule has 0 spiro atoms. The smallest absolute Gasteiger partial charge is 0.0619 e. The Balaban J connectivity index is 1.07. The van der Waals surface area contributed by atoms with Crippen molar-refractivity contribution >= 4 is 111 Å². The van der Waals surface area contributed by atoms with Crippen LogP contribution in [0.4, 0.5) is 34.1 Å². The molecule has 0 heterocycles. The molecule has 0 radical (unpaired) electrons. The third-order valence-corrected chi connectivity index (χ3v) is 15.7. The molecule has 2 heteroatoms. The van der Waals surface area contributed by atoms with Gasteiger partial charge in [-0.05, 0) is 151 Å². The molecule has 0 aliphatic carbocycles. The summed E-state index contributed by atoms with van der Waals surface area (Å²) >= 11 is 0. The first kappa shape index (κ1) is 46.5. The van der Waals surface area contributed by atoms with Gasteiger partial charge in [-0.15, -0.1) is 0 Å². The first-order valence-corrected chi connectivity index (χ1v) is 27.0. The molecule has 0 fully saturated rings. The van der Waals surface area contributed by atoms with Crippen LogP contribution in [0.1, 0.15) is 22.3 Å². The third-order valence-electron chi connectivity index (χ3n) is 15.7. The number of nitrogens with zero attached hydrogens (tertiary/aromatic N) is 2. The lowest BCUT2D eigenvalue weighted by molar-refractivity contribution is 1.28. The van der Waals surface area contributed by atoms with Gasteiger partial charge < -0.3 is 9.80 Å². The molecule has 0 atom stereocenters. The number of hydrogen-bond donors (Lipinski definition) is 0. The van der Waals surface area contributed by atoms with Crippen molar-refractivity contribution in [1.29, 1.82) is 0 Å². The van der Waals surface area contributed by atoms with Crippen LogP contribution in [0, 0.1) is 13.8 Å². The van der Waals surface area contributed by atoms with E-state index in [4.69, 9.17) is 0 Å². The Kier molecular flexibility index (Phi) is 11.7. The molecular formula is C76H54N2. The minimum absolute atomic E-state index is 1.06. The van der Waals surface area contributed by atoms with Crippen LogP contribution in [-0.2, 0) is 0 Å². The first-order valence-electron chi connectivity index (χ1n) is 27.0. The molecule has 14 aromatic carbocycles. The molecule has 0 saturated heterocycles. The summed E-state index contributed by atoms with van der Waals surface area (Å²) in [5.74, 6) is 0. The van der Waals surface area contributed by atoms with Crippen LogP contribution < -0.4 is 9.80 Å². The molecular weight excluding hydrogens is 941 g/mol. The molecule has 0 aliphatic rings. The Bertz CT molecular complexity index is 4510. The van der Waals surface area contributed by atoms with E-state index in [1.54, 1.807) is 0 Å². The van der Waals surface area contributed by atoms with Crippen LogP contribution in [0.5, 0.6) is 0 Å². The maximum Gasteiger partial charge on any atom is 0.0619 e. The van der Waals surface area contributed by atoms with Crippen LogP contribution in [0.2, 0.25) is 0 Å². The second-order valence-corrected chi connectivity index (χ2v) is 20.6. The molecule has 0 unspecified atom stereocenters. The molecule has 368 valence electrons. The Morgan fingerprint density at radius 2 is 0.590 bits per heavy atom. The fraction of sp³-hybridized carbons (Fsp3) is 0.0263. The topological polar surface area (TPSA) is 6.48 Å². The van der Waals surface area contributed by atoms with Crippen molar-refractivity contribution in [1.82, 2.24) is 0 Å². The first-order chi connectivity index (χ1) is 38.5. The largest absolute Gasteiger partial charge is 0.309 e. The molecule has 0 aliphatic heterocycles. The van der Waals surface area contributed by atoms with E-state index in [1.165, 1.54) is 82.0 Å². The van der Waals surface area contributed by atoms with E-state index in [9.17, 15) is 0 Å². The van der Waals surface area contributed by atoms with Crippen LogP contribution in [0.3, 0.4) is 0 Å². The SMILES string of the molecule is Cc1ccc(N(c2ccc(C)cc2)c2c3ccccc3c(N(c3ccc(C=Cc4ccccc4)cc3)c3ccc4c(-c5ccc6ccccc6c5)c5ccccc5c(-c5ccc6ccccc6c5)c4c3)c3ccccc23)cc1. The number of benzene rings is 14. The highest BCUT2D eigenvalue weighted by molar-refractivity contribution is 6.25. The maximum absolute atomic E-state index is 2.52. The van der Waals surface area contributed by atoms with Gasteiger partial charge in [0.15, 0.2) is 0 Å². The molecule has 78 heavy (non-hydrogen) atoms. The number of fused-ring (bicyclic) bond motifs is 6. The highest BCUT2D eigenvalue weighted by atomic mass is 15.2. The predicted octanol–water partition coefficient (Wildman–Crippen LogP) is 21.7. The van der Waals surface area contributed by atoms with Crippen LogP contribution >= 0.6 is 0 Å². The van der Waals surface area contributed by atoms with Gasteiger partial charge in [-0.2, -0.15) is 0 Å². The second kappa shape index (κ2) is 19.6. The van der Waals surface area contributed by atoms with Gasteiger partial charge in [-0.25, -0.2) is 0 Å². The lowest BCUT2D eigenvalue weighted by Gasteiger charge is -2.33. The zero-order valence-electron chi connectivity index (χ0n) is 43.6. The summed E-state index contributed by atoms with van der Waals surface area (Å²) < 4.78 is 0. The molecule has 0 bridgehead atoms. The number of hydrogen-bond acceptors (Lipinski definition) is 2. The lowest BCUT2D eigenvalue weighted by atomic mass is 9.85. The van der Waals surface area contributed by atoms with Crippen molar-refractivity contribution in [3.8, 4) is 22.3 Å². The molecule has 0 aromatic heterocycles. The van der Waals surface area contributed by atoms with Gasteiger partial charge in [-0.3, -0.25) is 0 Å². The Hall–Kier alpha value is -10.0. The standard InChI is InChI=1S/C76H54N2/c1-51-28-40-61(41-29-51)77(62-42-30-52(2)31-43-62)75-68-24-12-14-26-70(68)76(71-27-15-13-25-69(71)75)78(63-44-34-54(35-45-63)33-32-53-16-4-3-5-17-53)64-46-47-67-72(50-64)74(60-39-37-56-19-7-9-21-58(56)49-60)66-23-11-10-22-65(66)73(67)59-38-36-55-18-6-8-20-57(55)48-59/h3-50H,1-2H3. The van der Waals surface area contributed by atoms with Crippen LogP contribution in [-0.4, -0.2) is 0 Å². The highest BCUT2D eigenvalue weighted by Crippen LogP contribution is 2.53. The molecule has 0 saturated carbocycles. The zero-order chi connectivity index (χ0) is 52.1. The molecule has 14 rings (SSSR count). The molecule has 0 amide bonds. The Morgan fingerprint density at radius 3 is 1.06 bits per heavy atom. The number of aryl methyl sites for hydroxylation is 2. The zero-order valence-corrected chi connectivity index (χ0v) is 43.6. The van der Waals surface area contributed by atoms with Gasteiger partial charge in [0.05, 0.1) is 11.4 Å². The molecule has 14 aromatic rings. The van der Waals surface area contributed by atoms with Crippen molar-refractivity contribution in [2.75, 3.05) is 9.80 Å². The predicted molar refractivity (Wildman–Crippen MR) is 337 cm³/mol. The summed E-state index contributed by atoms with van der Waals surface area (Å²) in [6.07, 6.45) is 4.40. The normalized spacial score (nSPS) is 11.7. The van der Waals surface area contributed by atoms with E-state index in [-0.39, 0.29) is 0 Å². The third kappa shape index (κ3) is 8.32. The van der Waals surface area contributed by atoms with Crippen LogP contribution in [0.25, 0.3) is 99.0 Å². The average molecular weight is 995 g/mol. The number of rotatable bonds is 10. The fourth-order valence-corrected chi connectivity index (χ4v) is 11.9. The monoisotopic (exact) mass is 994 g/mol. The van der Waals surface area contributed by atoms with E-state index in [2.05, 4.69) is 315 Å². The summed E-state index contributed by atoms with van der Waals surface area (Å²) in [7, 11) is 0. The van der Waals surface area contributed by atoms with Crippen molar-refractivity contribution in [3.05, 3.63) is 301 Å². The maximum atomic E-state index is 2.52. The minimum Gasteiger partial charge on any atom is -0.309 e. The summed E-state index contributed by atoms with van der Waals surface area (Å²) in [6, 6.07) is 103. The van der Waals surface area contributed by atoms with Crippen molar-refractivity contribution in [2.24, 2.45) is 0 Å². The van der Waals surface area contributed by atoms with Gasteiger partial charge in [0, 0.05) is 44.3 Å². The average Bonchev–Trinajstić information content (AvgIpc) is 3.57. The van der Waals surface area contributed by atoms with Crippen molar-refractivity contribution in [2.45, 2.75) is 13.8 Å². The van der Waals surface area contributed by atoms with Gasteiger partial charge in [-0.1, -0.05) is 242 Å². The second-order valence-electron chi connectivity index (χ2n) is 20.6. The number of anilines is 6. The Morgan fingerprint density at radius 1 is 0.244 bits per heavy atom. The minimum atomic E-state index is 1.06. The quantitative estimate of drug-likeness (QED) is 0.0765. The van der Waals surface area contributed by atoms with E-state index < -0.39 is 0 Å². The van der Waals surface area contributed by atoms with Gasteiger partial charge >= 0.3 is 0 Å². The fourth-order valence-electron chi connectivity index (χ4n) is 11.9. The highest BCUT2D eigenvalue weighted by Gasteiger charge is 2.27. The van der Waals surface area contributed by atoms with E-state index in [0.717, 1.165) is 61.2 Å².